The van der Waals surface area contributed by atoms with E-state index in [9.17, 15) is 8.42 Å². The first kappa shape index (κ1) is 12.5. The Morgan fingerprint density at radius 1 is 1.11 bits per heavy atom. The summed E-state index contributed by atoms with van der Waals surface area (Å²) < 4.78 is 25.3. The number of alkyl halides is 1. The molecule has 0 heterocycles. The summed E-state index contributed by atoms with van der Waals surface area (Å²) in [5.41, 5.74) is 1.08. The van der Waals surface area contributed by atoms with Gasteiger partial charge in [0.2, 0.25) is 0 Å². The number of rotatable bonds is 2. The molecule has 2 aliphatic rings. The summed E-state index contributed by atoms with van der Waals surface area (Å²) in [6.45, 7) is 1.96. The third-order valence-corrected chi connectivity index (χ3v) is 7.44. The van der Waals surface area contributed by atoms with Crippen molar-refractivity contribution in [3.05, 3.63) is 29.8 Å². The third kappa shape index (κ3) is 1.71. The maximum atomic E-state index is 12.6. The minimum absolute atomic E-state index is 0.0731. The summed E-state index contributed by atoms with van der Waals surface area (Å²) in [4.78, 5) is 0.457. The quantitative estimate of drug-likeness (QED) is 0.782. The van der Waals surface area contributed by atoms with Gasteiger partial charge in [0.1, 0.15) is 0 Å². The van der Waals surface area contributed by atoms with Crippen molar-refractivity contribution in [1.82, 2.24) is 0 Å². The van der Waals surface area contributed by atoms with Crippen LogP contribution in [0.4, 0.5) is 0 Å². The number of benzene rings is 1. The Morgan fingerprint density at radius 2 is 1.67 bits per heavy atom. The van der Waals surface area contributed by atoms with Gasteiger partial charge >= 0.3 is 0 Å². The van der Waals surface area contributed by atoms with E-state index < -0.39 is 9.84 Å². The lowest BCUT2D eigenvalue weighted by Gasteiger charge is -2.52. The first-order valence-corrected chi connectivity index (χ1v) is 8.45. The van der Waals surface area contributed by atoms with E-state index in [1.807, 2.05) is 19.1 Å². The molecular formula is C14H17ClO2S. The molecule has 98 valence electrons. The smallest absolute Gasteiger partial charge is 0.181 e. The van der Waals surface area contributed by atoms with E-state index in [0.29, 0.717) is 4.90 Å². The SMILES string of the molecule is Cc1ccc(S(=O)(=O)C2[C@@H]3CCC[C@H]2C3Cl)cc1. The van der Waals surface area contributed by atoms with Gasteiger partial charge < -0.3 is 0 Å². The number of hydrogen-bond donors (Lipinski definition) is 0. The predicted molar refractivity (Wildman–Crippen MR) is 72.6 cm³/mol. The molecule has 4 atom stereocenters. The van der Waals surface area contributed by atoms with E-state index in [-0.39, 0.29) is 22.5 Å². The molecule has 0 amide bonds. The van der Waals surface area contributed by atoms with Crippen molar-refractivity contribution in [2.45, 2.75) is 41.7 Å². The van der Waals surface area contributed by atoms with Crippen molar-refractivity contribution in [1.29, 1.82) is 0 Å². The molecule has 18 heavy (non-hydrogen) atoms. The lowest BCUT2D eigenvalue weighted by Crippen LogP contribution is -2.58. The molecule has 0 saturated heterocycles. The summed E-state index contributed by atoms with van der Waals surface area (Å²) in [5, 5.41) is -0.166. The van der Waals surface area contributed by atoms with Crippen LogP contribution in [0.25, 0.3) is 0 Å². The molecule has 2 fully saturated rings. The van der Waals surface area contributed by atoms with Crippen molar-refractivity contribution in [3.8, 4) is 0 Å². The molecule has 0 aromatic heterocycles. The highest BCUT2D eigenvalue weighted by atomic mass is 35.5. The fraction of sp³-hybridized carbons (Fsp3) is 0.571. The van der Waals surface area contributed by atoms with Crippen LogP contribution in [0.3, 0.4) is 0 Å². The van der Waals surface area contributed by atoms with Crippen LogP contribution in [-0.2, 0) is 9.84 Å². The minimum atomic E-state index is -3.20. The fourth-order valence-corrected chi connectivity index (χ4v) is 6.53. The van der Waals surface area contributed by atoms with Crippen molar-refractivity contribution in [3.63, 3.8) is 0 Å². The Morgan fingerprint density at radius 3 is 2.17 bits per heavy atom. The zero-order chi connectivity index (χ0) is 12.9. The molecule has 2 unspecified atom stereocenters. The third-order valence-electron chi connectivity index (χ3n) is 4.44. The largest absolute Gasteiger partial charge is 0.223 e. The number of fused-ring (bicyclic) bond motifs is 2. The van der Waals surface area contributed by atoms with Crippen LogP contribution in [-0.4, -0.2) is 19.0 Å². The lowest BCUT2D eigenvalue weighted by molar-refractivity contribution is 0.129. The van der Waals surface area contributed by atoms with E-state index in [0.717, 1.165) is 24.8 Å². The van der Waals surface area contributed by atoms with Crippen LogP contribution in [0.1, 0.15) is 24.8 Å². The maximum Gasteiger partial charge on any atom is 0.181 e. The van der Waals surface area contributed by atoms with Crippen molar-refractivity contribution >= 4 is 21.4 Å². The summed E-state index contributed by atoms with van der Waals surface area (Å²) in [6, 6.07) is 7.17. The van der Waals surface area contributed by atoms with Crippen molar-refractivity contribution in [2.24, 2.45) is 11.8 Å². The van der Waals surface area contributed by atoms with Gasteiger partial charge in [0, 0.05) is 5.38 Å². The van der Waals surface area contributed by atoms with Gasteiger partial charge in [0.15, 0.2) is 9.84 Å². The van der Waals surface area contributed by atoms with Crippen LogP contribution in [0.15, 0.2) is 29.2 Å². The molecule has 0 radical (unpaired) electrons. The predicted octanol–water partition coefficient (Wildman–Crippen LogP) is 3.17. The summed E-state index contributed by atoms with van der Waals surface area (Å²) >= 11 is 6.27. The van der Waals surface area contributed by atoms with Gasteiger partial charge in [-0.05, 0) is 43.7 Å². The molecule has 0 aliphatic heterocycles. The van der Waals surface area contributed by atoms with Gasteiger partial charge in [-0.25, -0.2) is 8.42 Å². The molecule has 2 nitrogen and oxygen atoms in total. The first-order valence-electron chi connectivity index (χ1n) is 6.46. The van der Waals surface area contributed by atoms with Gasteiger partial charge in [-0.2, -0.15) is 0 Å². The topological polar surface area (TPSA) is 34.1 Å². The molecule has 0 N–H and O–H groups in total. The Hall–Kier alpha value is -0.540. The molecule has 0 spiro atoms. The van der Waals surface area contributed by atoms with Gasteiger partial charge in [-0.1, -0.05) is 24.1 Å². The van der Waals surface area contributed by atoms with Crippen LogP contribution in [0.2, 0.25) is 0 Å². The zero-order valence-electron chi connectivity index (χ0n) is 10.3. The second-order valence-corrected chi connectivity index (χ2v) is 8.14. The number of sulfone groups is 1. The molecule has 1 aromatic rings. The van der Waals surface area contributed by atoms with E-state index in [4.69, 9.17) is 11.6 Å². The normalized spacial score (nSPS) is 35.0. The molecule has 2 saturated carbocycles. The minimum Gasteiger partial charge on any atom is -0.223 e. The summed E-state index contributed by atoms with van der Waals surface area (Å²) in [6.07, 6.45) is 3.04. The van der Waals surface area contributed by atoms with Crippen molar-refractivity contribution in [2.75, 3.05) is 0 Å². The molecule has 2 aliphatic carbocycles. The van der Waals surface area contributed by atoms with Crippen molar-refractivity contribution < 1.29 is 8.42 Å². The Bertz CT molecular complexity index is 538. The maximum absolute atomic E-state index is 12.6. The van der Waals surface area contributed by atoms with Gasteiger partial charge in [-0.15, -0.1) is 11.6 Å². The van der Waals surface area contributed by atoms with E-state index >= 15 is 0 Å². The average Bonchev–Trinajstić information content (AvgIpc) is 2.38. The molecule has 1 aromatic carbocycles. The first-order chi connectivity index (χ1) is 8.51. The van der Waals surface area contributed by atoms with Crippen LogP contribution < -0.4 is 0 Å². The number of aryl methyl sites for hydroxylation is 1. The van der Waals surface area contributed by atoms with E-state index in [2.05, 4.69) is 0 Å². The highest BCUT2D eigenvalue weighted by molar-refractivity contribution is 7.92. The lowest BCUT2D eigenvalue weighted by atomic mass is 9.64. The second-order valence-electron chi connectivity index (χ2n) is 5.53. The zero-order valence-corrected chi connectivity index (χ0v) is 11.9. The fourth-order valence-electron chi connectivity index (χ4n) is 3.43. The molecule has 3 rings (SSSR count). The number of hydrogen-bond acceptors (Lipinski definition) is 2. The van der Waals surface area contributed by atoms with E-state index in [1.54, 1.807) is 12.1 Å². The summed E-state index contributed by atoms with van der Waals surface area (Å²) in [7, 11) is -3.20. The highest BCUT2D eigenvalue weighted by Gasteiger charge is 2.57. The van der Waals surface area contributed by atoms with Crippen LogP contribution >= 0.6 is 11.6 Å². The van der Waals surface area contributed by atoms with E-state index in [1.165, 1.54) is 0 Å². The standard InChI is InChI=1S/C14H17ClO2S/c1-9-5-7-10(8-6-9)18(16,17)14-11-3-2-4-12(14)13(11)15/h5-8,11-14H,2-4H2,1H3/t11-,12+,13?,14?. The molecule has 4 heteroatoms. The van der Waals surface area contributed by atoms with Crippen LogP contribution in [0.5, 0.6) is 0 Å². The number of halogens is 1. The van der Waals surface area contributed by atoms with Gasteiger partial charge in [0.25, 0.3) is 0 Å². The van der Waals surface area contributed by atoms with Gasteiger partial charge in [-0.3, -0.25) is 0 Å². The highest BCUT2D eigenvalue weighted by Crippen LogP contribution is 2.53. The Balaban J connectivity index is 1.94. The summed E-state index contributed by atoms with van der Waals surface area (Å²) in [5.74, 6) is 0.327. The van der Waals surface area contributed by atoms with Crippen LogP contribution in [0, 0.1) is 18.8 Å². The van der Waals surface area contributed by atoms with Gasteiger partial charge in [0.05, 0.1) is 10.1 Å². The Kier molecular flexibility index (Phi) is 2.94. The Labute approximate surface area is 113 Å². The second kappa shape index (κ2) is 4.24. The molecule has 2 bridgehead atoms. The monoisotopic (exact) mass is 284 g/mol. The average molecular weight is 285 g/mol. The molecular weight excluding hydrogens is 268 g/mol.